The third kappa shape index (κ3) is 2.44. The molecule has 0 aliphatic carbocycles. The largest absolute Gasteiger partial charge is 0.494 e. The third-order valence-electron chi connectivity index (χ3n) is 2.61. The maximum Gasteiger partial charge on any atom is 0.209 e. The Hall–Kier alpha value is -1.27. The van der Waals surface area contributed by atoms with Crippen molar-refractivity contribution in [2.45, 2.75) is 24.5 Å². The molecule has 0 bridgehead atoms. The molecule has 18 heavy (non-hydrogen) atoms. The SMILES string of the molecule is CCCOC1CSc2c(N)c(OC)cc(N)c2O1. The molecule has 0 spiro atoms. The molecule has 100 valence electrons. The summed E-state index contributed by atoms with van der Waals surface area (Å²) < 4.78 is 16.5. The maximum atomic E-state index is 6.01. The van der Waals surface area contributed by atoms with E-state index < -0.39 is 0 Å². The lowest BCUT2D eigenvalue weighted by Crippen LogP contribution is -2.27. The second kappa shape index (κ2) is 5.58. The van der Waals surface area contributed by atoms with Gasteiger partial charge in [-0.25, -0.2) is 0 Å². The first-order chi connectivity index (χ1) is 8.67. The lowest BCUT2D eigenvalue weighted by atomic mass is 10.2. The van der Waals surface area contributed by atoms with Crippen molar-refractivity contribution in [1.29, 1.82) is 0 Å². The molecule has 1 aromatic carbocycles. The quantitative estimate of drug-likeness (QED) is 0.816. The second-order valence-electron chi connectivity index (χ2n) is 3.97. The van der Waals surface area contributed by atoms with Gasteiger partial charge in [0.15, 0.2) is 5.75 Å². The molecule has 0 radical (unpaired) electrons. The summed E-state index contributed by atoms with van der Waals surface area (Å²) in [4.78, 5) is 0.836. The monoisotopic (exact) mass is 270 g/mol. The molecule has 2 rings (SSSR count). The van der Waals surface area contributed by atoms with E-state index in [1.165, 1.54) is 0 Å². The van der Waals surface area contributed by atoms with Crippen molar-refractivity contribution < 1.29 is 14.2 Å². The molecule has 1 heterocycles. The Morgan fingerprint density at radius 1 is 1.50 bits per heavy atom. The highest BCUT2D eigenvalue weighted by Gasteiger charge is 2.26. The summed E-state index contributed by atoms with van der Waals surface area (Å²) in [6.07, 6.45) is 0.690. The van der Waals surface area contributed by atoms with Crippen molar-refractivity contribution in [2.75, 3.05) is 30.9 Å². The van der Waals surface area contributed by atoms with Crippen molar-refractivity contribution in [2.24, 2.45) is 0 Å². The van der Waals surface area contributed by atoms with Crippen molar-refractivity contribution in [3.63, 3.8) is 0 Å². The van der Waals surface area contributed by atoms with Crippen LogP contribution < -0.4 is 20.9 Å². The van der Waals surface area contributed by atoms with Crippen molar-refractivity contribution in [3.8, 4) is 11.5 Å². The summed E-state index contributed by atoms with van der Waals surface area (Å²) in [5, 5.41) is 0. The standard InChI is InChI=1S/C12H18N2O3S/c1-3-4-16-9-6-18-12-10(14)8(15-2)5-7(13)11(12)17-9/h5,9H,3-4,6,13-14H2,1-2H3. The number of methoxy groups -OCH3 is 1. The summed E-state index contributed by atoms with van der Waals surface area (Å²) >= 11 is 1.58. The molecule has 0 saturated heterocycles. The predicted molar refractivity (Wildman–Crippen MR) is 73.2 cm³/mol. The molecule has 0 amide bonds. The number of thioether (sulfide) groups is 1. The molecule has 6 heteroatoms. The fraction of sp³-hybridized carbons (Fsp3) is 0.500. The smallest absolute Gasteiger partial charge is 0.209 e. The number of hydrogen-bond donors (Lipinski definition) is 2. The van der Waals surface area contributed by atoms with E-state index >= 15 is 0 Å². The van der Waals surface area contributed by atoms with Crippen LogP contribution in [0.3, 0.4) is 0 Å². The highest BCUT2D eigenvalue weighted by molar-refractivity contribution is 7.99. The van der Waals surface area contributed by atoms with Gasteiger partial charge in [-0.15, -0.1) is 11.8 Å². The molecule has 5 nitrogen and oxygen atoms in total. The van der Waals surface area contributed by atoms with E-state index in [-0.39, 0.29) is 6.29 Å². The number of benzene rings is 1. The van der Waals surface area contributed by atoms with Gasteiger partial charge in [-0.3, -0.25) is 0 Å². The predicted octanol–water partition coefficient (Wildman–Crippen LogP) is 2.10. The molecular weight excluding hydrogens is 252 g/mol. The van der Waals surface area contributed by atoms with Gasteiger partial charge in [0.05, 0.1) is 35.7 Å². The first kappa shape index (κ1) is 13.2. The van der Waals surface area contributed by atoms with Crippen molar-refractivity contribution >= 4 is 23.1 Å². The Morgan fingerprint density at radius 3 is 2.94 bits per heavy atom. The van der Waals surface area contributed by atoms with Crippen LogP contribution >= 0.6 is 11.8 Å². The Bertz CT molecular complexity index is 440. The van der Waals surface area contributed by atoms with Gasteiger partial charge < -0.3 is 25.7 Å². The number of rotatable bonds is 4. The number of hydrogen-bond acceptors (Lipinski definition) is 6. The number of nitrogen functional groups attached to an aromatic ring is 2. The third-order valence-corrected chi connectivity index (χ3v) is 3.74. The first-order valence-corrected chi connectivity index (χ1v) is 6.83. The molecule has 0 saturated carbocycles. The van der Waals surface area contributed by atoms with Crippen LogP contribution in [0.4, 0.5) is 11.4 Å². The highest BCUT2D eigenvalue weighted by Crippen LogP contribution is 2.47. The Morgan fingerprint density at radius 2 is 2.28 bits per heavy atom. The number of nitrogens with two attached hydrogens (primary N) is 2. The second-order valence-corrected chi connectivity index (χ2v) is 5.00. The van der Waals surface area contributed by atoms with Crippen LogP contribution in [-0.4, -0.2) is 25.8 Å². The van der Waals surface area contributed by atoms with Gasteiger partial charge in [-0.2, -0.15) is 0 Å². The van der Waals surface area contributed by atoms with E-state index in [0.717, 1.165) is 11.3 Å². The molecule has 1 atom stereocenters. The average molecular weight is 270 g/mol. The average Bonchev–Trinajstić information content (AvgIpc) is 2.40. The Balaban J connectivity index is 2.25. The van der Waals surface area contributed by atoms with Gasteiger partial charge in [0.25, 0.3) is 0 Å². The van der Waals surface area contributed by atoms with E-state index in [4.69, 9.17) is 25.7 Å². The zero-order valence-electron chi connectivity index (χ0n) is 10.6. The van der Waals surface area contributed by atoms with Gasteiger partial charge in [0, 0.05) is 6.07 Å². The summed E-state index contributed by atoms with van der Waals surface area (Å²) in [7, 11) is 1.57. The minimum atomic E-state index is -0.266. The van der Waals surface area contributed by atoms with Crippen LogP contribution in [0.5, 0.6) is 11.5 Å². The van der Waals surface area contributed by atoms with E-state index in [1.807, 2.05) is 0 Å². The van der Waals surface area contributed by atoms with Crippen LogP contribution in [0.15, 0.2) is 11.0 Å². The maximum absolute atomic E-state index is 6.01. The lowest BCUT2D eigenvalue weighted by molar-refractivity contribution is -0.0658. The molecule has 1 unspecified atom stereocenters. The minimum absolute atomic E-state index is 0.266. The number of anilines is 2. The lowest BCUT2D eigenvalue weighted by Gasteiger charge is -2.27. The highest BCUT2D eigenvalue weighted by atomic mass is 32.2. The van der Waals surface area contributed by atoms with Crippen molar-refractivity contribution in [1.82, 2.24) is 0 Å². The summed E-state index contributed by atoms with van der Waals surface area (Å²) in [5.41, 5.74) is 13.0. The summed E-state index contributed by atoms with van der Waals surface area (Å²) in [6.45, 7) is 2.73. The zero-order valence-corrected chi connectivity index (χ0v) is 11.4. The number of ether oxygens (including phenoxy) is 3. The molecule has 1 aromatic rings. The normalized spacial score (nSPS) is 18.0. The Labute approximate surface area is 111 Å². The van der Waals surface area contributed by atoms with Gasteiger partial charge >= 0.3 is 0 Å². The van der Waals surface area contributed by atoms with E-state index in [2.05, 4.69) is 6.92 Å². The topological polar surface area (TPSA) is 79.7 Å². The molecular formula is C12H18N2O3S. The van der Waals surface area contributed by atoms with Gasteiger partial charge in [0.1, 0.15) is 5.75 Å². The fourth-order valence-electron chi connectivity index (χ4n) is 1.73. The fourth-order valence-corrected chi connectivity index (χ4v) is 2.75. The first-order valence-electron chi connectivity index (χ1n) is 5.84. The molecule has 1 aliphatic heterocycles. The summed E-state index contributed by atoms with van der Waals surface area (Å²) in [5.74, 6) is 1.88. The van der Waals surface area contributed by atoms with E-state index in [1.54, 1.807) is 24.9 Å². The number of fused-ring (bicyclic) bond motifs is 1. The minimum Gasteiger partial charge on any atom is -0.494 e. The van der Waals surface area contributed by atoms with Gasteiger partial charge in [-0.1, -0.05) is 6.92 Å². The van der Waals surface area contributed by atoms with E-state index in [9.17, 15) is 0 Å². The van der Waals surface area contributed by atoms with Crippen LogP contribution in [0.25, 0.3) is 0 Å². The molecule has 0 aromatic heterocycles. The Kier molecular flexibility index (Phi) is 4.08. The van der Waals surface area contributed by atoms with Gasteiger partial charge in [-0.05, 0) is 6.42 Å². The molecule has 0 fully saturated rings. The van der Waals surface area contributed by atoms with Crippen LogP contribution in [-0.2, 0) is 4.74 Å². The zero-order chi connectivity index (χ0) is 13.1. The summed E-state index contributed by atoms with van der Waals surface area (Å²) in [6, 6.07) is 1.68. The van der Waals surface area contributed by atoms with Crippen LogP contribution in [0, 0.1) is 0 Å². The van der Waals surface area contributed by atoms with Crippen molar-refractivity contribution in [3.05, 3.63) is 6.07 Å². The van der Waals surface area contributed by atoms with Gasteiger partial charge in [0.2, 0.25) is 6.29 Å². The van der Waals surface area contributed by atoms with E-state index in [0.29, 0.717) is 35.2 Å². The molecule has 1 aliphatic rings. The van der Waals surface area contributed by atoms with Crippen LogP contribution in [0.1, 0.15) is 13.3 Å². The molecule has 4 N–H and O–H groups in total. The van der Waals surface area contributed by atoms with Crippen LogP contribution in [0.2, 0.25) is 0 Å².